The van der Waals surface area contributed by atoms with E-state index in [1.165, 1.54) is 0 Å². The molecule has 252 valence electrons. The number of methoxy groups -OCH3 is 2. The first-order chi connectivity index (χ1) is 21.1. The van der Waals surface area contributed by atoms with Gasteiger partial charge in [-0.3, -0.25) is 14.4 Å². The highest BCUT2D eigenvalue weighted by atomic mass is 16.5. The zero-order valence-corrected chi connectivity index (χ0v) is 28.8. The highest BCUT2D eigenvalue weighted by molar-refractivity contribution is 6.39. The summed E-state index contributed by atoms with van der Waals surface area (Å²) in [5.41, 5.74) is 0.992. The molecular formula is C35H56N4O6. The van der Waals surface area contributed by atoms with Crippen molar-refractivity contribution < 1.29 is 29.0 Å². The molecule has 3 rings (SSSR count). The van der Waals surface area contributed by atoms with Gasteiger partial charge in [0.1, 0.15) is 5.66 Å². The molecule has 2 amide bonds. The Morgan fingerprint density at radius 1 is 1.04 bits per heavy atom. The molecule has 1 aliphatic carbocycles. The lowest BCUT2D eigenvalue weighted by Gasteiger charge is -2.47. The van der Waals surface area contributed by atoms with Crippen LogP contribution in [0.1, 0.15) is 108 Å². The van der Waals surface area contributed by atoms with Crippen molar-refractivity contribution in [3.63, 3.8) is 0 Å². The Bertz CT molecular complexity index is 1170. The molecule has 10 heteroatoms. The Kier molecular flexibility index (Phi) is 12.6. The van der Waals surface area contributed by atoms with E-state index < -0.39 is 11.6 Å². The van der Waals surface area contributed by atoms with Crippen LogP contribution in [-0.2, 0) is 19.1 Å². The number of carbonyl (C=O) groups is 3. The number of carboxylic acid groups (broad SMARTS) is 1. The molecule has 1 aromatic carbocycles. The first kappa shape index (κ1) is 36.5. The normalized spacial score (nSPS) is 21.2. The number of carboxylic acids is 1. The van der Waals surface area contributed by atoms with Crippen molar-refractivity contribution >= 4 is 23.6 Å². The van der Waals surface area contributed by atoms with Crippen molar-refractivity contribution in [3.05, 3.63) is 35.4 Å². The molecule has 0 radical (unpaired) electrons. The van der Waals surface area contributed by atoms with E-state index in [0.717, 1.165) is 44.1 Å². The fraction of sp³-hybridized carbons (Fsp3) is 0.714. The van der Waals surface area contributed by atoms with Gasteiger partial charge in [0.25, 0.3) is 11.8 Å². The van der Waals surface area contributed by atoms with Crippen molar-refractivity contribution in [2.45, 2.75) is 98.2 Å². The monoisotopic (exact) mass is 628 g/mol. The maximum absolute atomic E-state index is 14.7. The fourth-order valence-corrected chi connectivity index (χ4v) is 6.51. The summed E-state index contributed by atoms with van der Waals surface area (Å²) in [5, 5.41) is 11.6. The van der Waals surface area contributed by atoms with E-state index in [1.807, 2.05) is 17.0 Å². The second-order valence-corrected chi connectivity index (χ2v) is 14.8. The lowest BCUT2D eigenvalue weighted by molar-refractivity contribution is -0.137. The minimum Gasteiger partial charge on any atom is -0.481 e. The quantitative estimate of drug-likeness (QED) is 0.278. The minimum atomic E-state index is -0.960. The van der Waals surface area contributed by atoms with Crippen molar-refractivity contribution in [1.82, 2.24) is 15.1 Å². The van der Waals surface area contributed by atoms with Crippen molar-refractivity contribution in [3.8, 4) is 0 Å². The molecule has 1 saturated carbocycles. The second-order valence-electron chi connectivity index (χ2n) is 14.8. The number of carbonyl (C=O) groups excluding carboxylic acids is 2. The average molecular weight is 629 g/mol. The Labute approximate surface area is 269 Å². The third-order valence-electron chi connectivity index (χ3n) is 9.28. The number of aliphatic carboxylic acids is 1. The molecule has 1 atom stereocenters. The molecule has 1 heterocycles. The molecule has 0 bridgehead atoms. The van der Waals surface area contributed by atoms with Crippen LogP contribution in [-0.4, -0.2) is 91.3 Å². The van der Waals surface area contributed by atoms with Crippen LogP contribution in [0.2, 0.25) is 0 Å². The molecule has 0 unspecified atom stereocenters. The summed E-state index contributed by atoms with van der Waals surface area (Å²) in [5.74, 6) is -0.317. The van der Waals surface area contributed by atoms with E-state index in [4.69, 9.17) is 19.6 Å². The van der Waals surface area contributed by atoms with Crippen molar-refractivity contribution in [1.29, 1.82) is 0 Å². The molecule has 0 aromatic heterocycles. The van der Waals surface area contributed by atoms with Gasteiger partial charge in [-0.1, -0.05) is 53.7 Å². The molecule has 2 aliphatic rings. The number of rotatable bonds is 14. The average Bonchev–Trinajstić information content (AvgIpc) is 3.23. The number of amidine groups is 1. The Morgan fingerprint density at radius 3 is 2.11 bits per heavy atom. The highest BCUT2D eigenvalue weighted by Gasteiger charge is 2.53. The van der Waals surface area contributed by atoms with Crippen LogP contribution < -0.4 is 5.32 Å². The molecule has 1 aromatic rings. The second kappa shape index (κ2) is 15.5. The van der Waals surface area contributed by atoms with Gasteiger partial charge in [-0.2, -0.15) is 0 Å². The van der Waals surface area contributed by atoms with Crippen LogP contribution in [0.25, 0.3) is 0 Å². The molecule has 0 saturated heterocycles. The topological polar surface area (TPSA) is 121 Å². The minimum absolute atomic E-state index is 0.0503. The number of hydrogen-bond donors (Lipinski definition) is 2. The van der Waals surface area contributed by atoms with Gasteiger partial charge in [0, 0.05) is 39.4 Å². The molecule has 10 nitrogen and oxygen atoms in total. The number of amides is 2. The van der Waals surface area contributed by atoms with Gasteiger partial charge >= 0.3 is 5.97 Å². The number of hydrogen-bond acceptors (Lipinski definition) is 7. The van der Waals surface area contributed by atoms with Crippen LogP contribution in [0.15, 0.2) is 29.3 Å². The lowest BCUT2D eigenvalue weighted by Crippen LogP contribution is -2.52. The van der Waals surface area contributed by atoms with Gasteiger partial charge in [0.2, 0.25) is 0 Å². The Balaban J connectivity index is 2.03. The van der Waals surface area contributed by atoms with E-state index in [1.54, 1.807) is 26.4 Å². The van der Waals surface area contributed by atoms with Gasteiger partial charge in [-0.15, -0.1) is 0 Å². The largest absolute Gasteiger partial charge is 0.481 e. The Hall–Kier alpha value is -2.98. The lowest BCUT2D eigenvalue weighted by atomic mass is 9.69. The zero-order valence-electron chi connectivity index (χ0n) is 28.8. The molecular weight excluding hydrogens is 572 g/mol. The number of nitrogens with zero attached hydrogens (tertiary/aromatic N) is 3. The van der Waals surface area contributed by atoms with E-state index in [-0.39, 0.29) is 41.7 Å². The van der Waals surface area contributed by atoms with Crippen LogP contribution >= 0.6 is 0 Å². The zero-order chi connectivity index (χ0) is 33.4. The summed E-state index contributed by atoms with van der Waals surface area (Å²) in [6.07, 6.45) is 5.07. The number of nitrogens with one attached hydrogen (secondary N) is 1. The summed E-state index contributed by atoms with van der Waals surface area (Å²) in [4.78, 5) is 47.7. The number of aliphatic imine (C=N–C) groups is 1. The SMILES string of the molecule is COCCN(CCOC)C1=NC2(CCC(C(C)(C)C)CC2)N([C@H](CCC(C)(C)C)c2ccc(C(=O)NCCC(=O)O)cc2)C1=O. The van der Waals surface area contributed by atoms with E-state index in [2.05, 4.69) is 51.8 Å². The van der Waals surface area contributed by atoms with Crippen molar-refractivity contribution in [2.24, 2.45) is 21.7 Å². The summed E-state index contributed by atoms with van der Waals surface area (Å²) >= 11 is 0. The van der Waals surface area contributed by atoms with Crippen LogP contribution in [0.5, 0.6) is 0 Å². The van der Waals surface area contributed by atoms with E-state index >= 15 is 0 Å². The predicted molar refractivity (Wildman–Crippen MR) is 176 cm³/mol. The smallest absolute Gasteiger partial charge is 0.305 e. The van der Waals surface area contributed by atoms with Gasteiger partial charge in [0.05, 0.1) is 25.7 Å². The fourth-order valence-electron chi connectivity index (χ4n) is 6.51. The molecule has 45 heavy (non-hydrogen) atoms. The Morgan fingerprint density at radius 2 is 1.62 bits per heavy atom. The first-order valence-corrected chi connectivity index (χ1v) is 16.4. The highest BCUT2D eigenvalue weighted by Crippen LogP contribution is 2.50. The molecule has 2 N–H and O–H groups in total. The summed E-state index contributed by atoms with van der Waals surface area (Å²) < 4.78 is 10.8. The third-order valence-corrected chi connectivity index (χ3v) is 9.28. The molecule has 1 spiro atoms. The standard InChI is InChI=1S/C35H56N4O6/c1-33(2,3)17-15-28(25-9-11-26(12-10-25)31(42)36-20-16-29(40)41)39-32(43)30(38(21-23-44-7)22-24-45-8)37-35(39)18-13-27(14-19-35)34(4,5)6/h9-12,27-28H,13-24H2,1-8H3,(H,36,42)(H,40,41)/t27?,28-,35?/m1/s1. The van der Waals surface area contributed by atoms with Gasteiger partial charge in [0.15, 0.2) is 5.84 Å². The third kappa shape index (κ3) is 9.75. The van der Waals surface area contributed by atoms with Crippen LogP contribution in [0, 0.1) is 16.7 Å². The van der Waals surface area contributed by atoms with Gasteiger partial charge in [-0.25, -0.2) is 4.99 Å². The maximum atomic E-state index is 14.7. The van der Waals surface area contributed by atoms with Gasteiger partial charge in [-0.05, 0) is 73.0 Å². The van der Waals surface area contributed by atoms with Crippen LogP contribution in [0.3, 0.4) is 0 Å². The molecule has 1 aliphatic heterocycles. The summed E-state index contributed by atoms with van der Waals surface area (Å²) in [7, 11) is 3.32. The summed E-state index contributed by atoms with van der Waals surface area (Å²) in [6, 6.07) is 7.18. The summed E-state index contributed by atoms with van der Waals surface area (Å²) in [6.45, 7) is 15.6. The van der Waals surface area contributed by atoms with Crippen LogP contribution in [0.4, 0.5) is 0 Å². The predicted octanol–water partition coefficient (Wildman–Crippen LogP) is 5.53. The maximum Gasteiger partial charge on any atom is 0.305 e. The number of ether oxygens (including phenoxy) is 2. The number of benzene rings is 1. The van der Waals surface area contributed by atoms with Crippen molar-refractivity contribution in [2.75, 3.05) is 47.1 Å². The molecule has 1 fully saturated rings. The first-order valence-electron chi connectivity index (χ1n) is 16.4. The van der Waals surface area contributed by atoms with E-state index in [9.17, 15) is 14.4 Å². The van der Waals surface area contributed by atoms with Gasteiger partial charge < -0.3 is 29.7 Å². The van der Waals surface area contributed by atoms with E-state index in [0.29, 0.717) is 43.6 Å².